The largest absolute Gasteiger partial charge is 0.487 e. The topological polar surface area (TPSA) is 75.0 Å². The lowest BCUT2D eigenvalue weighted by Crippen LogP contribution is -2.25. The number of carbonyl (C=O) groups excluding carboxylic acids is 1. The number of nitriles is 1. The van der Waals surface area contributed by atoms with Gasteiger partial charge in [-0.2, -0.15) is 5.26 Å². The van der Waals surface area contributed by atoms with Crippen LogP contribution in [0.4, 0.5) is 0 Å². The zero-order chi connectivity index (χ0) is 23.8. The molecular weight excluding hydrogens is 446 g/mol. The van der Waals surface area contributed by atoms with Crippen LogP contribution in [0.5, 0.6) is 5.75 Å². The number of benzene rings is 3. The lowest BCUT2D eigenvalue weighted by Gasteiger charge is -2.11. The fraction of sp³-hybridized carbons (Fsp3) is 0.107. The lowest BCUT2D eigenvalue weighted by atomic mass is 10.0. The van der Waals surface area contributed by atoms with Crippen LogP contribution in [0, 0.1) is 11.3 Å². The number of rotatable bonds is 8. The maximum atomic E-state index is 12.8. The quantitative estimate of drug-likeness (QED) is 0.195. The van der Waals surface area contributed by atoms with E-state index in [0.29, 0.717) is 23.0 Å². The number of hydrogen-bond donors (Lipinski definition) is 1. The molecule has 1 amide bonds. The van der Waals surface area contributed by atoms with Gasteiger partial charge in [-0.1, -0.05) is 60.1 Å². The summed E-state index contributed by atoms with van der Waals surface area (Å²) >= 11 is 6.11. The predicted octanol–water partition coefficient (Wildman–Crippen LogP) is 6.04. The first kappa shape index (κ1) is 23.0. The number of pyridine rings is 1. The molecule has 0 aliphatic rings. The highest BCUT2D eigenvalue weighted by Gasteiger charge is 2.12. The molecule has 0 aliphatic carbocycles. The molecule has 6 heteroatoms. The number of carbonyl (C=O) groups is 1. The van der Waals surface area contributed by atoms with Crippen LogP contribution in [-0.4, -0.2) is 17.4 Å². The highest BCUT2D eigenvalue weighted by molar-refractivity contribution is 6.31. The maximum Gasteiger partial charge on any atom is 0.251 e. The highest BCUT2D eigenvalue weighted by Crippen LogP contribution is 2.24. The predicted molar refractivity (Wildman–Crippen MR) is 135 cm³/mol. The molecule has 4 aromatic rings. The number of hydrogen-bond acceptors (Lipinski definition) is 4. The Labute approximate surface area is 203 Å². The molecule has 0 atom stereocenters. The molecule has 0 fully saturated rings. The fourth-order valence-corrected chi connectivity index (χ4v) is 3.65. The van der Waals surface area contributed by atoms with Crippen LogP contribution in [0.1, 0.15) is 23.2 Å². The summed E-state index contributed by atoms with van der Waals surface area (Å²) in [6.45, 7) is 0.617. The molecule has 1 N–H and O–H groups in total. The van der Waals surface area contributed by atoms with Crippen molar-refractivity contribution >= 4 is 40.1 Å². The monoisotopic (exact) mass is 467 g/mol. The Morgan fingerprint density at radius 3 is 2.65 bits per heavy atom. The number of amides is 1. The number of aromatic nitrogens is 1. The summed E-state index contributed by atoms with van der Waals surface area (Å²) < 4.78 is 5.91. The Hall–Kier alpha value is -4.14. The van der Waals surface area contributed by atoms with E-state index in [9.17, 15) is 4.79 Å². The van der Waals surface area contributed by atoms with Crippen molar-refractivity contribution in [3.63, 3.8) is 0 Å². The summed E-state index contributed by atoms with van der Waals surface area (Å²) in [5.41, 5.74) is 3.77. The zero-order valence-corrected chi connectivity index (χ0v) is 19.1. The van der Waals surface area contributed by atoms with E-state index in [1.807, 2.05) is 78.9 Å². The minimum Gasteiger partial charge on any atom is -0.487 e. The van der Waals surface area contributed by atoms with E-state index in [-0.39, 0.29) is 18.9 Å². The zero-order valence-electron chi connectivity index (χ0n) is 18.4. The summed E-state index contributed by atoms with van der Waals surface area (Å²) in [6.07, 6.45) is 2.02. The van der Waals surface area contributed by atoms with Crippen LogP contribution in [0.3, 0.4) is 0 Å². The number of nitrogens with zero attached hydrogens (tertiary/aromatic N) is 2. The van der Waals surface area contributed by atoms with Crippen molar-refractivity contribution in [3.05, 3.63) is 107 Å². The summed E-state index contributed by atoms with van der Waals surface area (Å²) in [5, 5.41) is 13.2. The molecule has 34 heavy (non-hydrogen) atoms. The van der Waals surface area contributed by atoms with Gasteiger partial charge in [-0.15, -0.1) is 0 Å². The molecule has 1 aromatic heterocycles. The normalized spacial score (nSPS) is 11.1. The van der Waals surface area contributed by atoms with Gasteiger partial charge in [-0.05, 0) is 53.6 Å². The summed E-state index contributed by atoms with van der Waals surface area (Å²) in [4.78, 5) is 17.5. The van der Waals surface area contributed by atoms with Gasteiger partial charge in [0.05, 0.1) is 23.7 Å². The molecule has 0 radical (unpaired) electrons. The first-order chi connectivity index (χ1) is 16.6. The second kappa shape index (κ2) is 11.1. The van der Waals surface area contributed by atoms with E-state index in [1.54, 1.807) is 18.2 Å². The van der Waals surface area contributed by atoms with Crippen molar-refractivity contribution in [1.29, 1.82) is 5.26 Å². The molecule has 4 rings (SSSR count). The van der Waals surface area contributed by atoms with Gasteiger partial charge in [0.25, 0.3) is 5.91 Å². The summed E-state index contributed by atoms with van der Waals surface area (Å²) in [5.74, 6) is 0.412. The molecule has 0 saturated carbocycles. The standard InChI is InChI=1S/C28H22ClN3O2/c29-23-7-3-5-20(17-23)18-26(28(33)31-16-4-15-30)21-10-13-25(14-11-21)34-19-24-12-9-22-6-1-2-8-27(22)32-24/h1-3,5-14,17-18H,4,16,19H2,(H,31,33). The minimum absolute atomic E-state index is 0.242. The molecule has 0 bridgehead atoms. The first-order valence-corrected chi connectivity index (χ1v) is 11.2. The fourth-order valence-electron chi connectivity index (χ4n) is 3.45. The van der Waals surface area contributed by atoms with Crippen molar-refractivity contribution in [2.75, 3.05) is 6.54 Å². The van der Waals surface area contributed by atoms with Crippen LogP contribution in [0.2, 0.25) is 5.02 Å². The third-order valence-electron chi connectivity index (χ3n) is 5.13. The van der Waals surface area contributed by atoms with E-state index in [1.165, 1.54) is 0 Å². The third kappa shape index (κ3) is 6.00. The average molecular weight is 468 g/mol. The minimum atomic E-state index is -0.260. The second-order valence-corrected chi connectivity index (χ2v) is 8.02. The van der Waals surface area contributed by atoms with Gasteiger partial charge in [0.2, 0.25) is 0 Å². The van der Waals surface area contributed by atoms with E-state index in [0.717, 1.165) is 27.7 Å². The van der Waals surface area contributed by atoms with Crippen molar-refractivity contribution in [2.24, 2.45) is 0 Å². The smallest absolute Gasteiger partial charge is 0.251 e. The lowest BCUT2D eigenvalue weighted by molar-refractivity contribution is -0.115. The van der Waals surface area contributed by atoms with Gasteiger partial charge in [0, 0.05) is 22.5 Å². The van der Waals surface area contributed by atoms with Gasteiger partial charge in [-0.3, -0.25) is 4.79 Å². The molecule has 0 saturated heterocycles. The van der Waals surface area contributed by atoms with Gasteiger partial charge in [0.1, 0.15) is 12.4 Å². The SMILES string of the molecule is N#CCCNC(=O)C(=Cc1cccc(Cl)c1)c1ccc(OCc2ccc3ccccc3n2)cc1. The van der Waals surface area contributed by atoms with Gasteiger partial charge in [-0.25, -0.2) is 4.98 Å². The number of para-hydroxylation sites is 1. The average Bonchev–Trinajstić information content (AvgIpc) is 2.86. The van der Waals surface area contributed by atoms with Gasteiger partial charge < -0.3 is 10.1 Å². The Kier molecular flexibility index (Phi) is 7.54. The number of halogens is 1. The number of ether oxygens (including phenoxy) is 1. The van der Waals surface area contributed by atoms with Crippen molar-refractivity contribution in [2.45, 2.75) is 13.0 Å². The van der Waals surface area contributed by atoms with Crippen molar-refractivity contribution in [3.8, 4) is 11.8 Å². The number of nitrogens with one attached hydrogen (secondary N) is 1. The van der Waals surface area contributed by atoms with E-state index < -0.39 is 0 Å². The van der Waals surface area contributed by atoms with Crippen LogP contribution in [0.15, 0.2) is 84.9 Å². The molecule has 0 spiro atoms. The Balaban J connectivity index is 1.51. The molecule has 0 aliphatic heterocycles. The van der Waals surface area contributed by atoms with Crippen LogP contribution in [-0.2, 0) is 11.4 Å². The van der Waals surface area contributed by atoms with Crippen LogP contribution >= 0.6 is 11.6 Å². The molecule has 3 aromatic carbocycles. The molecule has 168 valence electrons. The highest BCUT2D eigenvalue weighted by atomic mass is 35.5. The summed E-state index contributed by atoms with van der Waals surface area (Å²) in [7, 11) is 0. The van der Waals surface area contributed by atoms with Crippen molar-refractivity contribution < 1.29 is 9.53 Å². The van der Waals surface area contributed by atoms with Crippen molar-refractivity contribution in [1.82, 2.24) is 10.3 Å². The van der Waals surface area contributed by atoms with Crippen LogP contribution < -0.4 is 10.1 Å². The molecule has 1 heterocycles. The third-order valence-corrected chi connectivity index (χ3v) is 5.37. The maximum absolute atomic E-state index is 12.8. The van der Waals surface area contributed by atoms with Gasteiger partial charge >= 0.3 is 0 Å². The van der Waals surface area contributed by atoms with E-state index in [2.05, 4.69) is 10.3 Å². The van der Waals surface area contributed by atoms with Crippen LogP contribution in [0.25, 0.3) is 22.6 Å². The number of fused-ring (bicyclic) bond motifs is 1. The first-order valence-electron chi connectivity index (χ1n) is 10.8. The molecule has 0 unspecified atom stereocenters. The Morgan fingerprint density at radius 1 is 1.03 bits per heavy atom. The Morgan fingerprint density at radius 2 is 1.85 bits per heavy atom. The summed E-state index contributed by atoms with van der Waals surface area (Å²) in [6, 6.07) is 28.6. The second-order valence-electron chi connectivity index (χ2n) is 7.59. The van der Waals surface area contributed by atoms with Gasteiger partial charge in [0.15, 0.2) is 0 Å². The molecule has 5 nitrogen and oxygen atoms in total. The molecular formula is C28H22ClN3O2. The van der Waals surface area contributed by atoms with E-state index >= 15 is 0 Å². The van der Waals surface area contributed by atoms with E-state index in [4.69, 9.17) is 21.6 Å². The Bertz CT molecular complexity index is 1370.